The fourth-order valence-electron chi connectivity index (χ4n) is 2.20. The van der Waals surface area contributed by atoms with Crippen LogP contribution in [0.15, 0.2) is 29.9 Å². The van der Waals surface area contributed by atoms with Gasteiger partial charge in [0.15, 0.2) is 4.96 Å². The minimum Gasteiger partial charge on any atom is -0.487 e. The van der Waals surface area contributed by atoms with Crippen LogP contribution >= 0.6 is 11.3 Å². The van der Waals surface area contributed by atoms with Crippen LogP contribution in [0.5, 0.6) is 5.75 Å². The summed E-state index contributed by atoms with van der Waals surface area (Å²) in [6, 6.07) is 3.85. The summed E-state index contributed by atoms with van der Waals surface area (Å²) in [5.74, 6) is 0.894. The number of nitrogens with two attached hydrogens (primary N) is 1. The molecule has 3 aromatic rings. The number of nitrogen functional groups attached to an aromatic ring is 1. The molecule has 0 radical (unpaired) electrons. The third-order valence-corrected chi connectivity index (χ3v) is 3.76. The lowest BCUT2D eigenvalue weighted by Crippen LogP contribution is -2.00. The van der Waals surface area contributed by atoms with Gasteiger partial charge in [0.25, 0.3) is 0 Å². The zero-order valence-corrected chi connectivity index (χ0v) is 11.7. The Balaban J connectivity index is 1.81. The number of nitrogens with zero attached hydrogens (tertiary/aromatic N) is 2. The zero-order valence-electron chi connectivity index (χ0n) is 10.9. The van der Waals surface area contributed by atoms with Crippen LogP contribution in [0.25, 0.3) is 4.96 Å². The molecule has 19 heavy (non-hydrogen) atoms. The monoisotopic (exact) mass is 273 g/mol. The number of imidazole rings is 1. The van der Waals surface area contributed by atoms with Crippen molar-refractivity contribution in [1.82, 2.24) is 9.38 Å². The summed E-state index contributed by atoms with van der Waals surface area (Å²) in [5.41, 5.74) is 9.61. The van der Waals surface area contributed by atoms with E-state index in [1.54, 1.807) is 11.3 Å². The van der Waals surface area contributed by atoms with E-state index in [-0.39, 0.29) is 0 Å². The zero-order chi connectivity index (χ0) is 13.4. The van der Waals surface area contributed by atoms with E-state index in [9.17, 15) is 0 Å². The van der Waals surface area contributed by atoms with E-state index in [2.05, 4.69) is 4.98 Å². The second kappa shape index (κ2) is 4.59. The molecular formula is C14H15N3OS. The highest BCUT2D eigenvalue weighted by molar-refractivity contribution is 7.15. The van der Waals surface area contributed by atoms with Gasteiger partial charge in [-0.15, -0.1) is 11.3 Å². The predicted octanol–water partition coefficient (Wildman–Crippen LogP) is 3.17. The average Bonchev–Trinajstić information content (AvgIpc) is 2.87. The van der Waals surface area contributed by atoms with Crippen LogP contribution in [0.3, 0.4) is 0 Å². The molecule has 0 spiro atoms. The summed E-state index contributed by atoms with van der Waals surface area (Å²) < 4.78 is 7.89. The molecule has 0 saturated carbocycles. The second-order valence-electron chi connectivity index (χ2n) is 4.60. The van der Waals surface area contributed by atoms with Crippen molar-refractivity contribution in [3.63, 3.8) is 0 Å². The third-order valence-electron chi connectivity index (χ3n) is 2.99. The first-order chi connectivity index (χ1) is 9.13. The van der Waals surface area contributed by atoms with Gasteiger partial charge in [-0.1, -0.05) is 0 Å². The molecule has 0 aliphatic heterocycles. The Bertz CT molecular complexity index is 678. The van der Waals surface area contributed by atoms with Gasteiger partial charge in [0.1, 0.15) is 12.4 Å². The van der Waals surface area contributed by atoms with E-state index in [4.69, 9.17) is 10.5 Å². The van der Waals surface area contributed by atoms with Crippen molar-refractivity contribution in [1.29, 1.82) is 0 Å². The van der Waals surface area contributed by atoms with Crippen LogP contribution in [-0.4, -0.2) is 9.38 Å². The number of hydrogen-bond donors (Lipinski definition) is 1. The molecule has 0 fully saturated rings. The van der Waals surface area contributed by atoms with E-state index in [0.717, 1.165) is 33.2 Å². The normalized spacial score (nSPS) is 11.1. The number of anilines is 1. The molecule has 0 aliphatic carbocycles. The first kappa shape index (κ1) is 12.0. The number of benzene rings is 1. The van der Waals surface area contributed by atoms with Crippen molar-refractivity contribution >= 4 is 22.0 Å². The summed E-state index contributed by atoms with van der Waals surface area (Å²) in [7, 11) is 0. The molecular weight excluding hydrogens is 258 g/mol. The molecule has 0 aliphatic rings. The van der Waals surface area contributed by atoms with Gasteiger partial charge >= 0.3 is 0 Å². The Kier molecular flexibility index (Phi) is 2.91. The SMILES string of the molecule is Cc1cc(N)cc(C)c1OCc1cn2ccsc2n1. The molecule has 0 saturated heterocycles. The number of hydrogen-bond acceptors (Lipinski definition) is 4. The summed E-state index contributed by atoms with van der Waals surface area (Å²) in [6.45, 7) is 4.48. The number of rotatable bonds is 3. The van der Waals surface area contributed by atoms with Gasteiger partial charge in [-0.25, -0.2) is 4.98 Å². The van der Waals surface area contributed by atoms with E-state index < -0.39 is 0 Å². The van der Waals surface area contributed by atoms with E-state index in [0.29, 0.717) is 6.61 Å². The average molecular weight is 273 g/mol. The van der Waals surface area contributed by atoms with Crippen molar-refractivity contribution < 1.29 is 4.74 Å². The Morgan fingerprint density at radius 2 is 2.05 bits per heavy atom. The van der Waals surface area contributed by atoms with Crippen LogP contribution in [0, 0.1) is 13.8 Å². The van der Waals surface area contributed by atoms with Gasteiger partial charge in [-0.3, -0.25) is 4.40 Å². The van der Waals surface area contributed by atoms with Crippen LogP contribution in [0.1, 0.15) is 16.8 Å². The Morgan fingerprint density at radius 1 is 1.32 bits per heavy atom. The maximum Gasteiger partial charge on any atom is 0.193 e. The number of thiazole rings is 1. The second-order valence-corrected chi connectivity index (χ2v) is 5.47. The molecule has 3 rings (SSSR count). The molecule has 0 amide bonds. The van der Waals surface area contributed by atoms with Crippen molar-refractivity contribution in [2.45, 2.75) is 20.5 Å². The first-order valence-corrected chi connectivity index (χ1v) is 6.92. The number of aromatic nitrogens is 2. The van der Waals surface area contributed by atoms with E-state index in [1.807, 2.05) is 48.2 Å². The van der Waals surface area contributed by atoms with Gasteiger partial charge in [0, 0.05) is 23.5 Å². The molecule has 5 heteroatoms. The lowest BCUT2D eigenvalue weighted by Gasteiger charge is -2.11. The first-order valence-electron chi connectivity index (χ1n) is 6.04. The lowest BCUT2D eigenvalue weighted by molar-refractivity contribution is 0.298. The Labute approximate surface area is 115 Å². The molecule has 0 bridgehead atoms. The van der Waals surface area contributed by atoms with Crippen LogP contribution < -0.4 is 10.5 Å². The van der Waals surface area contributed by atoms with Crippen LogP contribution in [-0.2, 0) is 6.61 Å². The maximum absolute atomic E-state index is 5.88. The maximum atomic E-state index is 5.88. The standard InChI is InChI=1S/C14H15N3OS/c1-9-5-11(15)6-10(2)13(9)18-8-12-7-17-3-4-19-14(17)16-12/h3-7H,8,15H2,1-2H3. The molecule has 2 aromatic heterocycles. The fourth-order valence-corrected chi connectivity index (χ4v) is 2.92. The third kappa shape index (κ3) is 2.29. The summed E-state index contributed by atoms with van der Waals surface area (Å²) >= 11 is 1.62. The van der Waals surface area contributed by atoms with E-state index in [1.165, 1.54) is 0 Å². The highest BCUT2D eigenvalue weighted by atomic mass is 32.1. The van der Waals surface area contributed by atoms with Gasteiger partial charge in [0.05, 0.1) is 5.69 Å². The Hall–Kier alpha value is -2.01. The molecule has 2 N–H and O–H groups in total. The van der Waals surface area contributed by atoms with Gasteiger partial charge in [0.2, 0.25) is 0 Å². The van der Waals surface area contributed by atoms with Crippen molar-refractivity contribution in [2.75, 3.05) is 5.73 Å². The van der Waals surface area contributed by atoms with Crippen molar-refractivity contribution in [2.24, 2.45) is 0 Å². The molecule has 2 heterocycles. The topological polar surface area (TPSA) is 52.5 Å². The minimum atomic E-state index is 0.472. The summed E-state index contributed by atoms with van der Waals surface area (Å²) in [5, 5.41) is 2.02. The highest BCUT2D eigenvalue weighted by Gasteiger charge is 2.08. The van der Waals surface area contributed by atoms with E-state index >= 15 is 0 Å². The Morgan fingerprint density at radius 3 is 2.74 bits per heavy atom. The molecule has 0 unspecified atom stereocenters. The molecule has 98 valence electrons. The molecule has 1 aromatic carbocycles. The summed E-state index contributed by atoms with van der Waals surface area (Å²) in [4.78, 5) is 5.49. The highest BCUT2D eigenvalue weighted by Crippen LogP contribution is 2.26. The minimum absolute atomic E-state index is 0.472. The fraction of sp³-hybridized carbons (Fsp3) is 0.214. The molecule has 4 nitrogen and oxygen atoms in total. The van der Waals surface area contributed by atoms with Crippen molar-refractivity contribution in [3.05, 3.63) is 46.7 Å². The smallest absolute Gasteiger partial charge is 0.193 e. The number of aryl methyl sites for hydroxylation is 2. The lowest BCUT2D eigenvalue weighted by atomic mass is 10.1. The van der Waals surface area contributed by atoms with Gasteiger partial charge in [-0.05, 0) is 37.1 Å². The van der Waals surface area contributed by atoms with Crippen LogP contribution in [0.4, 0.5) is 5.69 Å². The van der Waals surface area contributed by atoms with Crippen LogP contribution in [0.2, 0.25) is 0 Å². The number of ether oxygens (including phenoxy) is 1. The quantitative estimate of drug-likeness (QED) is 0.746. The summed E-state index contributed by atoms with van der Waals surface area (Å²) in [6.07, 6.45) is 3.99. The van der Waals surface area contributed by atoms with Gasteiger partial charge in [-0.2, -0.15) is 0 Å². The van der Waals surface area contributed by atoms with Gasteiger partial charge < -0.3 is 10.5 Å². The predicted molar refractivity (Wildman–Crippen MR) is 77.7 cm³/mol. The molecule has 0 atom stereocenters. The number of fused-ring (bicyclic) bond motifs is 1. The largest absolute Gasteiger partial charge is 0.487 e. The van der Waals surface area contributed by atoms with Crippen molar-refractivity contribution in [3.8, 4) is 5.75 Å².